The fraction of sp³-hybridized carbons (Fsp3) is 0.375. The molecule has 0 aliphatic heterocycles. The van der Waals surface area contributed by atoms with Crippen LogP contribution in [0.3, 0.4) is 0 Å². The lowest BCUT2D eigenvalue weighted by atomic mass is 10.2. The highest BCUT2D eigenvalue weighted by molar-refractivity contribution is 5.30. The van der Waals surface area contributed by atoms with E-state index in [0.29, 0.717) is 6.54 Å². The van der Waals surface area contributed by atoms with Gasteiger partial charge in [-0.15, -0.1) is 0 Å². The SMILES string of the molecule is CCNC(C)c1cccn1Cc1ccc(OC)c(F)c1. The molecule has 0 amide bonds. The molecule has 1 aromatic heterocycles. The van der Waals surface area contributed by atoms with Crippen molar-refractivity contribution in [2.75, 3.05) is 13.7 Å². The van der Waals surface area contributed by atoms with E-state index in [0.717, 1.165) is 12.1 Å². The van der Waals surface area contributed by atoms with Gasteiger partial charge in [0.05, 0.1) is 7.11 Å². The maximum Gasteiger partial charge on any atom is 0.165 e. The van der Waals surface area contributed by atoms with Crippen LogP contribution in [-0.4, -0.2) is 18.2 Å². The lowest BCUT2D eigenvalue weighted by Gasteiger charge is -2.16. The van der Waals surface area contributed by atoms with Crippen molar-refractivity contribution in [1.29, 1.82) is 0 Å². The molecule has 4 heteroatoms. The summed E-state index contributed by atoms with van der Waals surface area (Å²) in [6.45, 7) is 5.79. The van der Waals surface area contributed by atoms with E-state index in [-0.39, 0.29) is 17.6 Å². The van der Waals surface area contributed by atoms with E-state index >= 15 is 0 Å². The first-order valence-corrected chi connectivity index (χ1v) is 6.86. The zero-order valence-corrected chi connectivity index (χ0v) is 12.2. The van der Waals surface area contributed by atoms with Gasteiger partial charge in [0.1, 0.15) is 0 Å². The first-order valence-electron chi connectivity index (χ1n) is 6.86. The summed E-state index contributed by atoms with van der Waals surface area (Å²) in [5.41, 5.74) is 2.12. The van der Waals surface area contributed by atoms with Crippen LogP contribution in [0.2, 0.25) is 0 Å². The molecule has 0 aliphatic rings. The topological polar surface area (TPSA) is 26.2 Å². The molecular formula is C16H21FN2O. The molecule has 2 aromatic rings. The number of hydrogen-bond acceptors (Lipinski definition) is 2. The van der Waals surface area contributed by atoms with Crippen LogP contribution in [0.4, 0.5) is 4.39 Å². The highest BCUT2D eigenvalue weighted by Gasteiger charge is 2.10. The number of nitrogens with one attached hydrogen (secondary N) is 1. The zero-order valence-electron chi connectivity index (χ0n) is 12.2. The van der Waals surface area contributed by atoms with Gasteiger partial charge in [-0.2, -0.15) is 0 Å². The number of rotatable bonds is 6. The molecule has 0 aliphatic carbocycles. The minimum absolute atomic E-state index is 0.276. The number of ether oxygens (including phenoxy) is 1. The van der Waals surface area contributed by atoms with Crippen molar-refractivity contribution in [3.63, 3.8) is 0 Å². The highest BCUT2D eigenvalue weighted by Crippen LogP contribution is 2.20. The number of aromatic nitrogens is 1. The molecule has 20 heavy (non-hydrogen) atoms. The number of nitrogens with zero attached hydrogens (tertiary/aromatic N) is 1. The van der Waals surface area contributed by atoms with Crippen molar-refractivity contribution >= 4 is 0 Å². The van der Waals surface area contributed by atoms with E-state index in [1.807, 2.05) is 18.3 Å². The van der Waals surface area contributed by atoms with Crippen LogP contribution in [-0.2, 0) is 6.54 Å². The fourth-order valence-electron chi connectivity index (χ4n) is 2.38. The molecule has 3 nitrogen and oxygen atoms in total. The van der Waals surface area contributed by atoms with Gasteiger partial charge in [-0.05, 0) is 43.3 Å². The summed E-state index contributed by atoms with van der Waals surface area (Å²) < 4.78 is 20.8. The quantitative estimate of drug-likeness (QED) is 0.875. The monoisotopic (exact) mass is 276 g/mol. The van der Waals surface area contributed by atoms with Crippen LogP contribution in [0, 0.1) is 5.82 Å². The molecule has 1 atom stereocenters. The molecular weight excluding hydrogens is 255 g/mol. The van der Waals surface area contributed by atoms with Gasteiger partial charge in [-0.25, -0.2) is 4.39 Å². The molecule has 2 rings (SSSR count). The van der Waals surface area contributed by atoms with Gasteiger partial charge in [0, 0.05) is 24.5 Å². The third-order valence-electron chi connectivity index (χ3n) is 3.39. The Morgan fingerprint density at radius 2 is 2.15 bits per heavy atom. The Morgan fingerprint density at radius 1 is 1.35 bits per heavy atom. The average molecular weight is 276 g/mol. The Kier molecular flexibility index (Phi) is 4.79. The first kappa shape index (κ1) is 14.6. The number of hydrogen-bond donors (Lipinski definition) is 1. The van der Waals surface area contributed by atoms with E-state index < -0.39 is 0 Å². The Hall–Kier alpha value is -1.81. The summed E-state index contributed by atoms with van der Waals surface area (Å²) in [7, 11) is 1.47. The lowest BCUT2D eigenvalue weighted by Crippen LogP contribution is -2.20. The average Bonchev–Trinajstić information content (AvgIpc) is 2.87. The summed E-state index contributed by atoms with van der Waals surface area (Å²) in [5.74, 6) is -0.0408. The molecule has 0 spiro atoms. The van der Waals surface area contributed by atoms with Crippen molar-refractivity contribution in [3.05, 3.63) is 53.6 Å². The van der Waals surface area contributed by atoms with E-state index in [4.69, 9.17) is 4.74 Å². The van der Waals surface area contributed by atoms with Crippen LogP contribution in [0.25, 0.3) is 0 Å². The predicted octanol–water partition coefficient (Wildman–Crippen LogP) is 3.35. The molecule has 1 aromatic carbocycles. The molecule has 0 radical (unpaired) electrons. The minimum atomic E-state index is -0.321. The first-order chi connectivity index (χ1) is 9.65. The van der Waals surface area contributed by atoms with Crippen LogP contribution in [0.15, 0.2) is 36.5 Å². The Bertz CT molecular complexity index is 565. The van der Waals surface area contributed by atoms with Gasteiger partial charge < -0.3 is 14.6 Å². The van der Waals surface area contributed by atoms with E-state index in [2.05, 4.69) is 29.8 Å². The summed E-state index contributed by atoms with van der Waals surface area (Å²) in [5, 5.41) is 3.39. The molecule has 1 unspecified atom stereocenters. The summed E-state index contributed by atoms with van der Waals surface area (Å²) in [6, 6.07) is 9.47. The normalized spacial score (nSPS) is 12.4. The predicted molar refractivity (Wildman–Crippen MR) is 78.6 cm³/mol. The minimum Gasteiger partial charge on any atom is -0.494 e. The standard InChI is InChI=1S/C16H21FN2O/c1-4-18-12(2)15-6-5-9-19(15)11-13-7-8-16(20-3)14(17)10-13/h5-10,12,18H,4,11H2,1-3H3. The number of methoxy groups -OCH3 is 1. The maximum absolute atomic E-state index is 13.7. The van der Waals surface area contributed by atoms with Crippen molar-refractivity contribution < 1.29 is 9.13 Å². The fourth-order valence-corrected chi connectivity index (χ4v) is 2.38. The van der Waals surface area contributed by atoms with Crippen LogP contribution in [0.5, 0.6) is 5.75 Å². The number of benzene rings is 1. The molecule has 0 bridgehead atoms. The second kappa shape index (κ2) is 6.57. The molecule has 1 heterocycles. The molecule has 0 saturated heterocycles. The second-order valence-electron chi connectivity index (χ2n) is 4.81. The van der Waals surface area contributed by atoms with Crippen LogP contribution >= 0.6 is 0 Å². The Labute approximate surface area is 119 Å². The van der Waals surface area contributed by atoms with Gasteiger partial charge in [0.15, 0.2) is 11.6 Å². The number of halogens is 1. The Balaban J connectivity index is 2.18. The van der Waals surface area contributed by atoms with Crippen LogP contribution in [0.1, 0.15) is 31.1 Å². The summed E-state index contributed by atoms with van der Waals surface area (Å²) in [6.07, 6.45) is 2.02. The van der Waals surface area contributed by atoms with E-state index in [9.17, 15) is 4.39 Å². The Morgan fingerprint density at radius 3 is 2.80 bits per heavy atom. The maximum atomic E-state index is 13.7. The van der Waals surface area contributed by atoms with Crippen LogP contribution < -0.4 is 10.1 Å². The third-order valence-corrected chi connectivity index (χ3v) is 3.39. The van der Waals surface area contributed by atoms with Gasteiger partial charge in [-0.1, -0.05) is 13.0 Å². The lowest BCUT2D eigenvalue weighted by molar-refractivity contribution is 0.386. The van der Waals surface area contributed by atoms with Gasteiger partial charge in [-0.3, -0.25) is 0 Å². The molecule has 0 saturated carbocycles. The second-order valence-corrected chi connectivity index (χ2v) is 4.81. The zero-order chi connectivity index (χ0) is 14.5. The van der Waals surface area contributed by atoms with Crippen molar-refractivity contribution in [1.82, 2.24) is 9.88 Å². The molecule has 108 valence electrons. The van der Waals surface area contributed by atoms with Crippen molar-refractivity contribution in [3.8, 4) is 5.75 Å². The van der Waals surface area contributed by atoms with Crippen molar-refractivity contribution in [2.24, 2.45) is 0 Å². The van der Waals surface area contributed by atoms with Gasteiger partial charge >= 0.3 is 0 Å². The molecule has 0 fully saturated rings. The van der Waals surface area contributed by atoms with Gasteiger partial charge in [0.2, 0.25) is 0 Å². The van der Waals surface area contributed by atoms with Gasteiger partial charge in [0.25, 0.3) is 0 Å². The highest BCUT2D eigenvalue weighted by atomic mass is 19.1. The third kappa shape index (κ3) is 3.20. The smallest absolute Gasteiger partial charge is 0.165 e. The largest absolute Gasteiger partial charge is 0.494 e. The molecule has 1 N–H and O–H groups in total. The summed E-state index contributed by atoms with van der Waals surface area (Å²) >= 11 is 0. The van der Waals surface area contributed by atoms with Crippen molar-refractivity contribution in [2.45, 2.75) is 26.4 Å². The van der Waals surface area contributed by atoms with E-state index in [1.54, 1.807) is 6.07 Å². The summed E-state index contributed by atoms with van der Waals surface area (Å²) in [4.78, 5) is 0. The van der Waals surface area contributed by atoms with E-state index in [1.165, 1.54) is 18.9 Å².